The van der Waals surface area contributed by atoms with Crippen LogP contribution < -0.4 is 15.4 Å². The van der Waals surface area contributed by atoms with Crippen LogP contribution in [0, 0.1) is 0 Å². The Morgan fingerprint density at radius 1 is 1.17 bits per heavy atom. The first-order valence-corrected chi connectivity index (χ1v) is 12.0. The van der Waals surface area contributed by atoms with Gasteiger partial charge in [0.1, 0.15) is 0 Å². The standard InChI is InChI=1S/C20H23N3O4S2/c21-29(25,26)14-5-6-18(23-8-10-27-11-9-23)16(13-14)20(24)22-17-7-12-28-19-4-2-1-3-15(17)19/h1-6,13,17H,7-12H2,(H,22,24)(H2,21,25,26)/t17-/m0/s1. The minimum absolute atomic E-state index is 0.0701. The molecule has 9 heteroatoms. The fraction of sp³-hybridized carbons (Fsp3) is 0.350. The third-order valence-electron chi connectivity index (χ3n) is 5.16. The number of carbonyl (C=O) groups excluding carboxylic acids is 1. The SMILES string of the molecule is NS(=O)(=O)c1ccc(N2CCOCC2)c(C(=O)N[C@H]2CCSc3ccccc32)c1. The molecule has 0 saturated carbocycles. The van der Waals surface area contributed by atoms with Crippen LogP contribution in [0.3, 0.4) is 0 Å². The lowest BCUT2D eigenvalue weighted by Crippen LogP contribution is -2.38. The highest BCUT2D eigenvalue weighted by molar-refractivity contribution is 7.99. The lowest BCUT2D eigenvalue weighted by Gasteiger charge is -2.31. The Balaban J connectivity index is 1.67. The Labute approximate surface area is 174 Å². The molecule has 2 aliphatic heterocycles. The molecule has 0 bridgehead atoms. The van der Waals surface area contributed by atoms with Crippen molar-refractivity contribution in [3.63, 3.8) is 0 Å². The van der Waals surface area contributed by atoms with E-state index in [1.54, 1.807) is 17.8 Å². The molecule has 2 heterocycles. The number of rotatable bonds is 4. The van der Waals surface area contributed by atoms with Gasteiger partial charge in [-0.05, 0) is 36.2 Å². The van der Waals surface area contributed by atoms with Crippen LogP contribution in [-0.4, -0.2) is 46.4 Å². The van der Waals surface area contributed by atoms with Crippen molar-refractivity contribution in [2.75, 3.05) is 37.0 Å². The largest absolute Gasteiger partial charge is 0.378 e. The average Bonchev–Trinajstić information content (AvgIpc) is 2.73. The molecule has 0 unspecified atom stereocenters. The topological polar surface area (TPSA) is 102 Å². The zero-order valence-electron chi connectivity index (χ0n) is 15.8. The molecular formula is C20H23N3O4S2. The van der Waals surface area contributed by atoms with E-state index in [4.69, 9.17) is 9.88 Å². The fourth-order valence-electron chi connectivity index (χ4n) is 3.68. The van der Waals surface area contributed by atoms with E-state index in [9.17, 15) is 13.2 Å². The summed E-state index contributed by atoms with van der Waals surface area (Å²) in [6.07, 6.45) is 0.815. The molecular weight excluding hydrogens is 410 g/mol. The first-order valence-electron chi connectivity index (χ1n) is 9.45. The average molecular weight is 434 g/mol. The van der Waals surface area contributed by atoms with Gasteiger partial charge in [0.05, 0.1) is 29.7 Å². The number of morpholine rings is 1. The molecule has 154 valence electrons. The van der Waals surface area contributed by atoms with E-state index >= 15 is 0 Å². The zero-order valence-corrected chi connectivity index (χ0v) is 17.5. The normalized spacial score (nSPS) is 19.5. The molecule has 0 spiro atoms. The van der Waals surface area contributed by atoms with Crippen molar-refractivity contribution in [2.45, 2.75) is 22.3 Å². The second-order valence-electron chi connectivity index (χ2n) is 7.02. The Morgan fingerprint density at radius 2 is 1.93 bits per heavy atom. The Kier molecular flexibility index (Phi) is 5.82. The maximum absolute atomic E-state index is 13.3. The van der Waals surface area contributed by atoms with Gasteiger partial charge in [-0.15, -0.1) is 11.8 Å². The van der Waals surface area contributed by atoms with Gasteiger partial charge in [0.15, 0.2) is 0 Å². The summed E-state index contributed by atoms with van der Waals surface area (Å²) >= 11 is 1.78. The minimum Gasteiger partial charge on any atom is -0.378 e. The van der Waals surface area contributed by atoms with E-state index < -0.39 is 10.0 Å². The summed E-state index contributed by atoms with van der Waals surface area (Å²) in [6.45, 7) is 2.40. The number of hydrogen-bond donors (Lipinski definition) is 2. The highest BCUT2D eigenvalue weighted by Gasteiger charge is 2.26. The summed E-state index contributed by atoms with van der Waals surface area (Å²) in [5, 5.41) is 8.41. The third kappa shape index (κ3) is 4.42. The molecule has 1 atom stereocenters. The first-order chi connectivity index (χ1) is 13.9. The van der Waals surface area contributed by atoms with Gasteiger partial charge >= 0.3 is 0 Å². The molecule has 2 aliphatic rings. The number of primary sulfonamides is 1. The van der Waals surface area contributed by atoms with Crippen LogP contribution in [0.5, 0.6) is 0 Å². The summed E-state index contributed by atoms with van der Waals surface area (Å²) in [5.74, 6) is 0.610. The molecule has 0 aliphatic carbocycles. The number of amides is 1. The molecule has 1 saturated heterocycles. The van der Waals surface area contributed by atoms with Crippen LogP contribution >= 0.6 is 11.8 Å². The number of hydrogen-bond acceptors (Lipinski definition) is 6. The number of fused-ring (bicyclic) bond motifs is 1. The number of benzene rings is 2. The van der Waals surface area contributed by atoms with Crippen molar-refractivity contribution < 1.29 is 17.9 Å². The maximum Gasteiger partial charge on any atom is 0.253 e. The maximum atomic E-state index is 13.3. The van der Waals surface area contributed by atoms with Crippen molar-refractivity contribution in [3.05, 3.63) is 53.6 Å². The van der Waals surface area contributed by atoms with Crippen LogP contribution in [0.1, 0.15) is 28.4 Å². The summed E-state index contributed by atoms with van der Waals surface area (Å²) in [5.41, 5.74) is 2.10. The Hall–Kier alpha value is -2.07. The number of ether oxygens (including phenoxy) is 1. The van der Waals surface area contributed by atoms with Crippen LogP contribution in [0.25, 0.3) is 0 Å². The van der Waals surface area contributed by atoms with E-state index in [1.165, 1.54) is 12.1 Å². The van der Waals surface area contributed by atoms with Crippen LogP contribution in [0.2, 0.25) is 0 Å². The molecule has 0 radical (unpaired) electrons. The number of nitrogens with zero attached hydrogens (tertiary/aromatic N) is 1. The molecule has 1 fully saturated rings. The quantitative estimate of drug-likeness (QED) is 0.766. The molecule has 2 aromatic carbocycles. The number of thioether (sulfide) groups is 1. The van der Waals surface area contributed by atoms with Gasteiger partial charge in [0.2, 0.25) is 10.0 Å². The predicted molar refractivity (Wildman–Crippen MR) is 113 cm³/mol. The third-order valence-corrected chi connectivity index (χ3v) is 7.19. The Morgan fingerprint density at radius 3 is 2.69 bits per heavy atom. The van der Waals surface area contributed by atoms with Gasteiger partial charge in [-0.3, -0.25) is 4.79 Å². The summed E-state index contributed by atoms with van der Waals surface area (Å²) in [7, 11) is -3.91. The summed E-state index contributed by atoms with van der Waals surface area (Å²) < 4.78 is 29.1. The monoisotopic (exact) mass is 433 g/mol. The van der Waals surface area contributed by atoms with Crippen molar-refractivity contribution in [3.8, 4) is 0 Å². The van der Waals surface area contributed by atoms with E-state index in [2.05, 4.69) is 11.4 Å². The molecule has 4 rings (SSSR count). The second-order valence-corrected chi connectivity index (χ2v) is 9.72. The van der Waals surface area contributed by atoms with Crippen molar-refractivity contribution >= 4 is 33.4 Å². The van der Waals surface area contributed by atoms with Gasteiger partial charge in [-0.25, -0.2) is 13.6 Å². The summed E-state index contributed by atoms with van der Waals surface area (Å²) in [4.78, 5) is 16.4. The van der Waals surface area contributed by atoms with Gasteiger partial charge in [-0.2, -0.15) is 0 Å². The van der Waals surface area contributed by atoms with Crippen molar-refractivity contribution in [1.82, 2.24) is 5.32 Å². The zero-order chi connectivity index (χ0) is 20.4. The van der Waals surface area contributed by atoms with Crippen molar-refractivity contribution in [1.29, 1.82) is 0 Å². The molecule has 2 aromatic rings. The highest BCUT2D eigenvalue weighted by atomic mass is 32.2. The van der Waals surface area contributed by atoms with Gasteiger partial charge in [-0.1, -0.05) is 18.2 Å². The fourth-order valence-corrected chi connectivity index (χ4v) is 5.35. The number of sulfonamides is 1. The van der Waals surface area contributed by atoms with Crippen molar-refractivity contribution in [2.24, 2.45) is 5.14 Å². The van der Waals surface area contributed by atoms with Crippen LogP contribution in [0.15, 0.2) is 52.3 Å². The van der Waals surface area contributed by atoms with Crippen LogP contribution in [0.4, 0.5) is 5.69 Å². The van der Waals surface area contributed by atoms with Crippen LogP contribution in [-0.2, 0) is 14.8 Å². The number of anilines is 1. The lowest BCUT2D eigenvalue weighted by atomic mass is 10.0. The Bertz CT molecular complexity index is 1020. The molecule has 0 aromatic heterocycles. The minimum atomic E-state index is -3.91. The first kappa shape index (κ1) is 20.2. The van der Waals surface area contributed by atoms with Gasteiger partial charge in [0.25, 0.3) is 5.91 Å². The van der Waals surface area contributed by atoms with E-state index in [0.29, 0.717) is 37.6 Å². The lowest BCUT2D eigenvalue weighted by molar-refractivity contribution is 0.0933. The highest BCUT2D eigenvalue weighted by Crippen LogP contribution is 2.36. The molecule has 7 nitrogen and oxygen atoms in total. The number of carbonyl (C=O) groups is 1. The molecule has 1 amide bonds. The predicted octanol–water partition coefficient (Wildman–Crippen LogP) is 2.14. The summed E-state index contributed by atoms with van der Waals surface area (Å²) in [6, 6.07) is 12.4. The number of nitrogens with one attached hydrogen (secondary N) is 1. The second kappa shape index (κ2) is 8.35. The smallest absolute Gasteiger partial charge is 0.253 e. The van der Waals surface area contributed by atoms with E-state index in [-0.39, 0.29) is 16.8 Å². The van der Waals surface area contributed by atoms with Gasteiger partial charge in [0, 0.05) is 29.4 Å². The van der Waals surface area contributed by atoms with Gasteiger partial charge < -0.3 is 15.0 Å². The molecule has 29 heavy (non-hydrogen) atoms. The number of nitrogens with two attached hydrogens (primary N) is 1. The van der Waals surface area contributed by atoms with E-state index in [1.807, 2.05) is 23.1 Å². The van der Waals surface area contributed by atoms with E-state index in [0.717, 1.165) is 22.6 Å². The molecule has 3 N–H and O–H groups in total.